The maximum Gasteiger partial charge on any atom is 0.240 e. The number of hydrogen-bond acceptors (Lipinski definition) is 8. The molecule has 3 heterocycles. The summed E-state index contributed by atoms with van der Waals surface area (Å²) in [5.74, 6) is 2.41. The van der Waals surface area contributed by atoms with Gasteiger partial charge in [-0.25, -0.2) is 13.1 Å². The Hall–Kier alpha value is -2.53. The van der Waals surface area contributed by atoms with Crippen LogP contribution in [0.3, 0.4) is 0 Å². The van der Waals surface area contributed by atoms with Crippen molar-refractivity contribution < 1.29 is 27.4 Å². The van der Waals surface area contributed by atoms with Gasteiger partial charge < -0.3 is 23.8 Å². The lowest BCUT2D eigenvalue weighted by atomic mass is 10.0. The number of ether oxygens (including phenoxy) is 4. The lowest BCUT2D eigenvalue weighted by molar-refractivity contribution is 0.112. The molecule has 0 radical (unpaired) electrons. The van der Waals surface area contributed by atoms with Gasteiger partial charge >= 0.3 is 0 Å². The van der Waals surface area contributed by atoms with E-state index in [1.165, 1.54) is 6.07 Å². The van der Waals surface area contributed by atoms with Crippen molar-refractivity contribution in [3.63, 3.8) is 0 Å². The van der Waals surface area contributed by atoms with Gasteiger partial charge in [-0.3, -0.25) is 4.90 Å². The average Bonchev–Trinajstić information content (AvgIpc) is 3.28. The molecule has 1 fully saturated rings. The number of likely N-dealkylation sites (N-methyl/N-ethyl adjacent to an activating group) is 1. The number of hydrogen-bond donors (Lipinski definition) is 1. The van der Waals surface area contributed by atoms with Crippen LogP contribution in [0.5, 0.6) is 23.0 Å². The van der Waals surface area contributed by atoms with Gasteiger partial charge in [0.1, 0.15) is 13.2 Å². The first kappa shape index (κ1) is 21.3. The third kappa shape index (κ3) is 4.36. The van der Waals surface area contributed by atoms with E-state index in [1.807, 2.05) is 18.2 Å². The molecule has 0 bridgehead atoms. The molecule has 0 unspecified atom stereocenters. The molecular weight excluding hydrogens is 434 g/mol. The van der Waals surface area contributed by atoms with Gasteiger partial charge in [-0.1, -0.05) is 6.07 Å². The fourth-order valence-electron chi connectivity index (χ4n) is 4.17. The van der Waals surface area contributed by atoms with Crippen LogP contribution in [0.2, 0.25) is 0 Å². The van der Waals surface area contributed by atoms with Gasteiger partial charge in [-0.2, -0.15) is 0 Å². The first-order chi connectivity index (χ1) is 15.5. The van der Waals surface area contributed by atoms with Crippen LogP contribution < -0.4 is 23.7 Å². The van der Waals surface area contributed by atoms with Gasteiger partial charge in [0.2, 0.25) is 16.8 Å². The number of piperazine rings is 1. The summed E-state index contributed by atoms with van der Waals surface area (Å²) >= 11 is 0. The molecule has 0 aromatic heterocycles. The fourth-order valence-corrected chi connectivity index (χ4v) is 5.23. The number of sulfonamides is 1. The van der Waals surface area contributed by atoms with Crippen LogP contribution >= 0.6 is 0 Å². The summed E-state index contributed by atoms with van der Waals surface area (Å²) in [6.45, 7) is 4.85. The molecule has 2 aromatic carbocycles. The van der Waals surface area contributed by atoms with Crippen LogP contribution in [0.1, 0.15) is 11.6 Å². The Morgan fingerprint density at radius 1 is 0.875 bits per heavy atom. The predicted octanol–water partition coefficient (Wildman–Crippen LogP) is 1.45. The molecule has 0 saturated carbocycles. The largest absolute Gasteiger partial charge is 0.486 e. The lowest BCUT2D eigenvalue weighted by Crippen LogP contribution is -2.48. The molecule has 1 N–H and O–H groups in total. The average molecular weight is 462 g/mol. The second-order valence-corrected chi connectivity index (χ2v) is 9.89. The number of nitrogens with zero attached hydrogens (tertiary/aromatic N) is 2. The predicted molar refractivity (Wildman–Crippen MR) is 117 cm³/mol. The summed E-state index contributed by atoms with van der Waals surface area (Å²) in [6.07, 6.45) is 0. The van der Waals surface area contributed by atoms with Gasteiger partial charge in [0.15, 0.2) is 23.0 Å². The smallest absolute Gasteiger partial charge is 0.240 e. The number of fused-ring (bicyclic) bond motifs is 2. The topological polar surface area (TPSA) is 89.6 Å². The minimum Gasteiger partial charge on any atom is -0.486 e. The summed E-state index contributed by atoms with van der Waals surface area (Å²) in [7, 11) is -1.64. The summed E-state index contributed by atoms with van der Waals surface area (Å²) in [4.78, 5) is 4.74. The molecule has 9 nitrogen and oxygen atoms in total. The van der Waals surface area contributed by atoms with E-state index in [0.717, 1.165) is 31.7 Å². The van der Waals surface area contributed by atoms with Crippen LogP contribution in [0.4, 0.5) is 0 Å². The number of benzene rings is 2. The van der Waals surface area contributed by atoms with E-state index < -0.39 is 10.0 Å². The molecule has 0 aliphatic carbocycles. The van der Waals surface area contributed by atoms with E-state index in [1.54, 1.807) is 12.1 Å². The van der Waals surface area contributed by atoms with E-state index in [-0.39, 0.29) is 24.3 Å². The van der Waals surface area contributed by atoms with Crippen molar-refractivity contribution in [2.24, 2.45) is 0 Å². The standard InChI is InChI=1S/C22H27N3O6S/c1-24-6-8-25(9-7-24)18(16-2-4-20-21(12-16)31-15-30-20)14-23-32(26,27)17-3-5-19-22(13-17)29-11-10-28-19/h2-5,12-13,18,23H,6-11,14-15H2,1H3/t18-/m0/s1. The van der Waals surface area contributed by atoms with Crippen LogP contribution in [0.25, 0.3) is 0 Å². The van der Waals surface area contributed by atoms with Crippen LogP contribution in [-0.4, -0.2) is 78.0 Å². The first-order valence-electron chi connectivity index (χ1n) is 10.7. The molecular formula is C22H27N3O6S. The molecule has 3 aliphatic rings. The Bertz CT molecular complexity index is 1090. The highest BCUT2D eigenvalue weighted by Crippen LogP contribution is 2.36. The molecule has 32 heavy (non-hydrogen) atoms. The highest BCUT2D eigenvalue weighted by Gasteiger charge is 2.28. The van der Waals surface area contributed by atoms with Crippen molar-refractivity contribution >= 4 is 10.0 Å². The van der Waals surface area contributed by atoms with E-state index in [9.17, 15) is 8.42 Å². The third-order valence-corrected chi connectivity index (χ3v) is 7.47. The Labute approximate surface area is 187 Å². The van der Waals surface area contributed by atoms with E-state index in [0.29, 0.717) is 36.2 Å². The molecule has 0 amide bonds. The maximum atomic E-state index is 13.1. The Balaban J connectivity index is 1.37. The van der Waals surface area contributed by atoms with Gasteiger partial charge in [0.05, 0.1) is 4.90 Å². The molecule has 3 aliphatic heterocycles. The van der Waals surface area contributed by atoms with Gasteiger partial charge in [0.25, 0.3) is 0 Å². The number of nitrogens with one attached hydrogen (secondary N) is 1. The summed E-state index contributed by atoms with van der Waals surface area (Å²) in [5, 5.41) is 0. The number of rotatable bonds is 6. The lowest BCUT2D eigenvalue weighted by Gasteiger charge is -2.38. The van der Waals surface area contributed by atoms with Gasteiger partial charge in [-0.05, 0) is 36.9 Å². The normalized spacial score (nSPS) is 19.7. The molecule has 5 rings (SSSR count). The SMILES string of the molecule is CN1CCN([C@@H](CNS(=O)(=O)c2ccc3c(c2)OCCO3)c2ccc3c(c2)OCO3)CC1. The van der Waals surface area contributed by atoms with Gasteiger partial charge in [-0.15, -0.1) is 0 Å². The second kappa shape index (κ2) is 8.78. The van der Waals surface area contributed by atoms with E-state index in [2.05, 4.69) is 21.6 Å². The van der Waals surface area contributed by atoms with E-state index in [4.69, 9.17) is 18.9 Å². The monoisotopic (exact) mass is 461 g/mol. The third-order valence-electron chi connectivity index (χ3n) is 6.05. The van der Waals surface area contributed by atoms with Crippen LogP contribution in [0.15, 0.2) is 41.3 Å². The quantitative estimate of drug-likeness (QED) is 0.692. The Kier molecular flexibility index (Phi) is 5.85. The molecule has 172 valence electrons. The van der Waals surface area contributed by atoms with Crippen molar-refractivity contribution in [3.8, 4) is 23.0 Å². The molecule has 0 spiro atoms. The highest BCUT2D eigenvalue weighted by atomic mass is 32.2. The van der Waals surface area contributed by atoms with Crippen LogP contribution in [-0.2, 0) is 10.0 Å². The highest BCUT2D eigenvalue weighted by molar-refractivity contribution is 7.89. The minimum atomic E-state index is -3.74. The van der Waals surface area contributed by atoms with Crippen LogP contribution in [0, 0.1) is 0 Å². The molecule has 1 atom stereocenters. The van der Waals surface area contributed by atoms with Gasteiger partial charge in [0, 0.05) is 44.8 Å². The van der Waals surface area contributed by atoms with Crippen molar-refractivity contribution in [2.75, 3.05) is 59.8 Å². The minimum absolute atomic E-state index is 0.134. The zero-order chi connectivity index (χ0) is 22.1. The Morgan fingerprint density at radius 3 is 2.34 bits per heavy atom. The summed E-state index contributed by atoms with van der Waals surface area (Å²) in [5.41, 5.74) is 0.990. The zero-order valence-electron chi connectivity index (χ0n) is 18.0. The molecule has 2 aromatic rings. The van der Waals surface area contributed by atoms with E-state index >= 15 is 0 Å². The zero-order valence-corrected chi connectivity index (χ0v) is 18.8. The first-order valence-corrected chi connectivity index (χ1v) is 12.2. The molecule has 10 heteroatoms. The summed E-state index contributed by atoms with van der Waals surface area (Å²) < 4.78 is 51.0. The van der Waals surface area contributed by atoms with Crippen molar-refractivity contribution in [1.82, 2.24) is 14.5 Å². The summed E-state index contributed by atoms with van der Waals surface area (Å²) in [6, 6.07) is 10.4. The Morgan fingerprint density at radius 2 is 1.53 bits per heavy atom. The van der Waals surface area contributed by atoms with Crippen molar-refractivity contribution in [1.29, 1.82) is 0 Å². The van der Waals surface area contributed by atoms with Crippen molar-refractivity contribution in [2.45, 2.75) is 10.9 Å². The van der Waals surface area contributed by atoms with Crippen molar-refractivity contribution in [3.05, 3.63) is 42.0 Å². The maximum absolute atomic E-state index is 13.1. The second-order valence-electron chi connectivity index (χ2n) is 8.13. The molecule has 1 saturated heterocycles. The fraction of sp³-hybridized carbons (Fsp3) is 0.455.